The fraction of sp³-hybridized carbons (Fsp3) is 0.417. The van der Waals surface area contributed by atoms with E-state index in [1.54, 1.807) is 25.1 Å². The molecule has 19 heavy (non-hydrogen) atoms. The highest BCUT2D eigenvalue weighted by molar-refractivity contribution is 7.91. The molecule has 0 heterocycles. The molecule has 7 heteroatoms. The highest BCUT2D eigenvalue weighted by Gasteiger charge is 2.19. The van der Waals surface area contributed by atoms with Gasteiger partial charge >= 0.3 is 5.97 Å². The van der Waals surface area contributed by atoms with Gasteiger partial charge in [-0.2, -0.15) is 0 Å². The molecule has 0 aromatic heterocycles. The Balaban J connectivity index is 2.94. The summed E-state index contributed by atoms with van der Waals surface area (Å²) in [7, 11) is -2.07. The monoisotopic (exact) mass is 287 g/mol. The molecule has 106 valence electrons. The molecule has 0 aliphatic carbocycles. The summed E-state index contributed by atoms with van der Waals surface area (Å²) in [5, 5.41) is 11.6. The number of benzene rings is 1. The Labute approximate surface area is 112 Å². The molecule has 1 aromatic carbocycles. The van der Waals surface area contributed by atoms with Gasteiger partial charge in [-0.25, -0.2) is 13.2 Å². The number of rotatable bonds is 7. The number of anilines is 1. The summed E-state index contributed by atoms with van der Waals surface area (Å²) in [6.45, 7) is 1.55. The van der Waals surface area contributed by atoms with Crippen LogP contribution >= 0.6 is 0 Å². The van der Waals surface area contributed by atoms with Gasteiger partial charge in [-0.15, -0.1) is 0 Å². The molecule has 0 saturated heterocycles. The first kappa shape index (κ1) is 15.5. The first-order valence-corrected chi connectivity index (χ1v) is 7.39. The number of aliphatic carboxylic acids is 1. The third-order valence-corrected chi connectivity index (χ3v) is 4.43. The van der Waals surface area contributed by atoms with Crippen molar-refractivity contribution in [2.45, 2.75) is 17.9 Å². The van der Waals surface area contributed by atoms with Gasteiger partial charge in [-0.1, -0.05) is 19.1 Å². The molecule has 0 aliphatic rings. The van der Waals surface area contributed by atoms with Crippen molar-refractivity contribution in [3.63, 3.8) is 0 Å². The quantitative estimate of drug-likeness (QED) is 0.777. The summed E-state index contributed by atoms with van der Waals surface area (Å²) in [6, 6.07) is 6.39. The Kier molecular flexibility index (Phi) is 5.31. The average Bonchev–Trinajstić information content (AvgIpc) is 2.39. The van der Waals surface area contributed by atoms with Crippen LogP contribution in [0.15, 0.2) is 29.2 Å². The molecule has 1 atom stereocenters. The number of carboxylic acids is 1. The number of hydrogen-bond donors (Lipinski definition) is 2. The zero-order valence-electron chi connectivity index (χ0n) is 10.8. The number of sulfone groups is 1. The van der Waals surface area contributed by atoms with Crippen molar-refractivity contribution in [2.24, 2.45) is 0 Å². The van der Waals surface area contributed by atoms with E-state index in [9.17, 15) is 13.2 Å². The van der Waals surface area contributed by atoms with Crippen LogP contribution in [0.3, 0.4) is 0 Å². The SMILES string of the molecule is CCS(=O)(=O)c1ccccc1NCC(OC)C(=O)O. The van der Waals surface area contributed by atoms with E-state index in [1.807, 2.05) is 0 Å². The lowest BCUT2D eigenvalue weighted by Gasteiger charge is -2.15. The number of carbonyl (C=O) groups is 1. The van der Waals surface area contributed by atoms with Crippen LogP contribution in [-0.2, 0) is 19.4 Å². The number of hydrogen-bond acceptors (Lipinski definition) is 5. The van der Waals surface area contributed by atoms with E-state index in [2.05, 4.69) is 5.32 Å². The Morgan fingerprint density at radius 1 is 1.42 bits per heavy atom. The number of nitrogens with one attached hydrogen (secondary N) is 1. The molecular weight excluding hydrogens is 270 g/mol. The van der Waals surface area contributed by atoms with Crippen molar-refractivity contribution in [1.29, 1.82) is 0 Å². The minimum Gasteiger partial charge on any atom is -0.479 e. The van der Waals surface area contributed by atoms with Gasteiger partial charge in [0.1, 0.15) is 0 Å². The summed E-state index contributed by atoms with van der Waals surface area (Å²) >= 11 is 0. The van der Waals surface area contributed by atoms with Crippen molar-refractivity contribution < 1.29 is 23.1 Å². The molecule has 0 aliphatic heterocycles. The fourth-order valence-corrected chi connectivity index (χ4v) is 2.59. The Morgan fingerprint density at radius 2 is 2.05 bits per heavy atom. The zero-order chi connectivity index (χ0) is 14.5. The second-order valence-electron chi connectivity index (χ2n) is 3.84. The van der Waals surface area contributed by atoms with Crippen molar-refractivity contribution in [1.82, 2.24) is 0 Å². The van der Waals surface area contributed by atoms with Crippen LogP contribution in [0.25, 0.3) is 0 Å². The minimum atomic E-state index is -3.35. The highest BCUT2D eigenvalue weighted by Crippen LogP contribution is 2.21. The first-order valence-electron chi connectivity index (χ1n) is 5.73. The highest BCUT2D eigenvalue weighted by atomic mass is 32.2. The number of para-hydroxylation sites is 1. The van der Waals surface area contributed by atoms with Gasteiger partial charge in [0.15, 0.2) is 15.9 Å². The maximum atomic E-state index is 11.9. The second-order valence-corrected chi connectivity index (χ2v) is 6.09. The molecule has 1 unspecified atom stereocenters. The van der Waals surface area contributed by atoms with E-state index in [4.69, 9.17) is 9.84 Å². The van der Waals surface area contributed by atoms with E-state index in [0.717, 1.165) is 0 Å². The van der Waals surface area contributed by atoms with Gasteiger partial charge in [0, 0.05) is 7.11 Å². The van der Waals surface area contributed by atoms with Crippen LogP contribution in [0.5, 0.6) is 0 Å². The van der Waals surface area contributed by atoms with Crippen molar-refractivity contribution in [3.05, 3.63) is 24.3 Å². The largest absolute Gasteiger partial charge is 0.479 e. The van der Waals surface area contributed by atoms with E-state index in [0.29, 0.717) is 5.69 Å². The molecule has 0 saturated carbocycles. The molecule has 0 bridgehead atoms. The normalized spacial score (nSPS) is 12.9. The molecule has 6 nitrogen and oxygen atoms in total. The molecule has 1 rings (SSSR count). The summed E-state index contributed by atoms with van der Waals surface area (Å²) in [5.41, 5.74) is 0.382. The fourth-order valence-electron chi connectivity index (χ4n) is 1.51. The van der Waals surface area contributed by atoms with E-state index < -0.39 is 21.9 Å². The van der Waals surface area contributed by atoms with E-state index >= 15 is 0 Å². The standard InChI is InChI=1S/C12H17NO5S/c1-3-19(16,17)11-7-5-4-6-9(11)13-8-10(18-2)12(14)15/h4-7,10,13H,3,8H2,1-2H3,(H,14,15). The lowest BCUT2D eigenvalue weighted by atomic mass is 10.3. The van der Waals surface area contributed by atoms with Gasteiger partial charge in [0.2, 0.25) is 0 Å². The Bertz CT molecular complexity index is 541. The van der Waals surface area contributed by atoms with Crippen molar-refractivity contribution in [3.8, 4) is 0 Å². The number of methoxy groups -OCH3 is 1. The van der Waals surface area contributed by atoms with Crippen LogP contribution in [0, 0.1) is 0 Å². The third kappa shape index (κ3) is 3.93. The van der Waals surface area contributed by atoms with Crippen LogP contribution in [-0.4, -0.2) is 45.0 Å². The zero-order valence-corrected chi connectivity index (χ0v) is 11.6. The summed E-state index contributed by atoms with van der Waals surface area (Å²) in [5.74, 6) is -1.12. The average molecular weight is 287 g/mol. The molecular formula is C12H17NO5S. The second kappa shape index (κ2) is 6.53. The van der Waals surface area contributed by atoms with Crippen LogP contribution < -0.4 is 5.32 Å². The Hall–Kier alpha value is -1.60. The van der Waals surface area contributed by atoms with Gasteiger partial charge < -0.3 is 15.2 Å². The number of carboxylic acid groups (broad SMARTS) is 1. The topological polar surface area (TPSA) is 92.7 Å². The van der Waals surface area contributed by atoms with Gasteiger partial charge in [-0.05, 0) is 12.1 Å². The van der Waals surface area contributed by atoms with Crippen molar-refractivity contribution in [2.75, 3.05) is 24.7 Å². The van der Waals surface area contributed by atoms with Gasteiger partial charge in [0.05, 0.1) is 22.9 Å². The molecule has 0 fully saturated rings. The maximum absolute atomic E-state index is 11.9. The molecule has 1 aromatic rings. The van der Waals surface area contributed by atoms with Crippen molar-refractivity contribution >= 4 is 21.5 Å². The lowest BCUT2D eigenvalue weighted by molar-refractivity contribution is -0.147. The summed E-state index contributed by atoms with van der Waals surface area (Å²) < 4.78 is 28.5. The smallest absolute Gasteiger partial charge is 0.334 e. The molecule has 0 radical (unpaired) electrons. The van der Waals surface area contributed by atoms with E-state index in [1.165, 1.54) is 13.2 Å². The Morgan fingerprint density at radius 3 is 2.58 bits per heavy atom. The first-order chi connectivity index (χ1) is 8.92. The predicted molar refractivity (Wildman–Crippen MR) is 71.1 cm³/mol. The minimum absolute atomic E-state index is 0.0118. The third-order valence-electron chi connectivity index (χ3n) is 2.64. The van der Waals surface area contributed by atoms with Gasteiger partial charge in [-0.3, -0.25) is 0 Å². The van der Waals surface area contributed by atoms with Gasteiger partial charge in [0.25, 0.3) is 0 Å². The number of ether oxygens (including phenoxy) is 1. The predicted octanol–water partition coefficient (Wildman–Crippen LogP) is 0.992. The van der Waals surface area contributed by atoms with Crippen LogP contribution in [0.4, 0.5) is 5.69 Å². The maximum Gasteiger partial charge on any atom is 0.334 e. The summed E-state index contributed by atoms with van der Waals surface area (Å²) in [4.78, 5) is 11.0. The van der Waals surface area contributed by atoms with Crippen LogP contribution in [0.1, 0.15) is 6.92 Å². The van der Waals surface area contributed by atoms with E-state index in [-0.39, 0.29) is 17.2 Å². The summed E-state index contributed by atoms with van der Waals surface area (Å²) in [6.07, 6.45) is -1.03. The molecule has 0 spiro atoms. The molecule has 0 amide bonds. The van der Waals surface area contributed by atoms with Crippen LogP contribution in [0.2, 0.25) is 0 Å². The lowest BCUT2D eigenvalue weighted by Crippen LogP contribution is -2.30. The molecule has 2 N–H and O–H groups in total.